The van der Waals surface area contributed by atoms with Crippen molar-refractivity contribution in [1.82, 2.24) is 0 Å². The second kappa shape index (κ2) is 2.24. The van der Waals surface area contributed by atoms with E-state index >= 15 is 0 Å². The second-order valence-corrected chi connectivity index (χ2v) is 4.89. The van der Waals surface area contributed by atoms with Crippen LogP contribution in [0, 0.1) is 23.2 Å². The van der Waals surface area contributed by atoms with Crippen molar-refractivity contribution in [2.24, 2.45) is 23.2 Å². The maximum atomic E-state index is 2.52. The van der Waals surface area contributed by atoms with E-state index in [4.69, 9.17) is 0 Å². The van der Waals surface area contributed by atoms with Gasteiger partial charge in [-0.2, -0.15) is 0 Å². The normalized spacial score (nSPS) is 54.3. The molecule has 0 bridgehead atoms. The van der Waals surface area contributed by atoms with E-state index in [2.05, 4.69) is 20.8 Å². The monoisotopic (exact) mass is 152 g/mol. The third-order valence-electron chi connectivity index (χ3n) is 4.65. The molecule has 0 heterocycles. The number of hydrogen-bond donors (Lipinski definition) is 0. The van der Waals surface area contributed by atoms with Gasteiger partial charge in [-0.1, -0.05) is 27.2 Å². The van der Waals surface area contributed by atoms with Crippen molar-refractivity contribution in [1.29, 1.82) is 0 Å². The lowest BCUT2D eigenvalue weighted by Crippen LogP contribution is -2.59. The standard InChI is InChI=1S/C11H20/c1-4-7-11(3)8(2)9-5-6-10(9)11/h8-10H,4-7H2,1-3H3. The van der Waals surface area contributed by atoms with Gasteiger partial charge in [-0.05, 0) is 42.4 Å². The Kier molecular flexibility index (Phi) is 1.56. The summed E-state index contributed by atoms with van der Waals surface area (Å²) in [5.41, 5.74) is 0.748. The molecule has 2 aliphatic rings. The zero-order chi connectivity index (χ0) is 8.06. The molecular formula is C11H20. The van der Waals surface area contributed by atoms with Crippen molar-refractivity contribution in [2.75, 3.05) is 0 Å². The molecule has 0 aromatic rings. The average Bonchev–Trinajstić information content (AvgIpc) is 1.85. The fourth-order valence-electron chi connectivity index (χ4n) is 3.60. The Bertz CT molecular complexity index is 153. The van der Waals surface area contributed by atoms with Crippen LogP contribution in [0.25, 0.3) is 0 Å². The molecule has 11 heavy (non-hydrogen) atoms. The highest BCUT2D eigenvalue weighted by molar-refractivity contribution is 5.08. The Morgan fingerprint density at radius 3 is 2.45 bits per heavy atom. The van der Waals surface area contributed by atoms with E-state index in [9.17, 15) is 0 Å². The number of fused-ring (bicyclic) bond motifs is 1. The number of hydrogen-bond acceptors (Lipinski definition) is 0. The van der Waals surface area contributed by atoms with Gasteiger partial charge < -0.3 is 0 Å². The highest BCUT2D eigenvalue weighted by atomic mass is 14.6. The highest BCUT2D eigenvalue weighted by Crippen LogP contribution is 2.67. The maximum Gasteiger partial charge on any atom is -0.0266 e. The minimum absolute atomic E-state index is 0.748. The molecule has 0 radical (unpaired) electrons. The van der Waals surface area contributed by atoms with Gasteiger partial charge in [-0.25, -0.2) is 0 Å². The van der Waals surface area contributed by atoms with Gasteiger partial charge in [0.15, 0.2) is 0 Å². The summed E-state index contributed by atoms with van der Waals surface area (Å²) in [5, 5.41) is 0. The lowest BCUT2D eigenvalue weighted by atomic mass is 9.39. The van der Waals surface area contributed by atoms with Crippen LogP contribution >= 0.6 is 0 Å². The van der Waals surface area contributed by atoms with E-state index in [-0.39, 0.29) is 0 Å². The largest absolute Gasteiger partial charge is 0.0654 e. The van der Waals surface area contributed by atoms with Crippen molar-refractivity contribution in [2.45, 2.75) is 46.5 Å². The fraction of sp³-hybridized carbons (Fsp3) is 1.00. The van der Waals surface area contributed by atoms with Crippen molar-refractivity contribution >= 4 is 0 Å². The van der Waals surface area contributed by atoms with Crippen LogP contribution in [-0.2, 0) is 0 Å². The van der Waals surface area contributed by atoms with Crippen LogP contribution in [0.4, 0.5) is 0 Å². The SMILES string of the molecule is CCCC1(C)C(C)C2CCC21. The van der Waals surface area contributed by atoms with E-state index in [0.717, 1.165) is 23.2 Å². The van der Waals surface area contributed by atoms with Crippen LogP contribution in [0.2, 0.25) is 0 Å². The Labute approximate surface area is 70.4 Å². The molecule has 2 rings (SSSR count). The van der Waals surface area contributed by atoms with Gasteiger partial charge in [0.1, 0.15) is 0 Å². The molecule has 64 valence electrons. The predicted octanol–water partition coefficient (Wildman–Crippen LogP) is 3.47. The molecule has 0 amide bonds. The van der Waals surface area contributed by atoms with Crippen molar-refractivity contribution in [3.8, 4) is 0 Å². The van der Waals surface area contributed by atoms with Gasteiger partial charge in [0.05, 0.1) is 0 Å². The Morgan fingerprint density at radius 1 is 1.36 bits per heavy atom. The molecule has 2 aliphatic carbocycles. The minimum atomic E-state index is 0.748. The topological polar surface area (TPSA) is 0 Å². The molecule has 0 heteroatoms. The first-order valence-electron chi connectivity index (χ1n) is 5.20. The lowest BCUT2D eigenvalue weighted by molar-refractivity contribution is -0.171. The molecular weight excluding hydrogens is 132 g/mol. The van der Waals surface area contributed by atoms with Gasteiger partial charge in [0, 0.05) is 0 Å². The second-order valence-electron chi connectivity index (χ2n) is 4.89. The molecule has 0 aliphatic heterocycles. The van der Waals surface area contributed by atoms with Crippen molar-refractivity contribution in [3.05, 3.63) is 0 Å². The first kappa shape index (κ1) is 7.64. The van der Waals surface area contributed by atoms with Gasteiger partial charge in [0.2, 0.25) is 0 Å². The summed E-state index contributed by atoms with van der Waals surface area (Å²) in [7, 11) is 0. The average molecular weight is 152 g/mol. The summed E-state index contributed by atoms with van der Waals surface area (Å²) >= 11 is 0. The van der Waals surface area contributed by atoms with Crippen LogP contribution in [0.15, 0.2) is 0 Å². The van der Waals surface area contributed by atoms with Gasteiger partial charge in [-0.15, -0.1) is 0 Å². The minimum Gasteiger partial charge on any atom is -0.0654 e. The summed E-state index contributed by atoms with van der Waals surface area (Å²) in [6.07, 6.45) is 5.91. The summed E-state index contributed by atoms with van der Waals surface area (Å²) in [4.78, 5) is 0. The molecule has 0 N–H and O–H groups in total. The van der Waals surface area contributed by atoms with Gasteiger partial charge >= 0.3 is 0 Å². The molecule has 0 saturated heterocycles. The maximum absolute atomic E-state index is 2.52. The molecule has 4 atom stereocenters. The number of rotatable bonds is 2. The van der Waals surface area contributed by atoms with Gasteiger partial charge in [0.25, 0.3) is 0 Å². The summed E-state index contributed by atoms with van der Waals surface area (Å²) in [5.74, 6) is 3.28. The molecule has 0 nitrogen and oxygen atoms in total. The molecule has 0 aromatic heterocycles. The first-order valence-corrected chi connectivity index (χ1v) is 5.20. The lowest BCUT2D eigenvalue weighted by Gasteiger charge is -2.66. The summed E-state index contributed by atoms with van der Waals surface area (Å²) in [6.45, 7) is 7.31. The van der Waals surface area contributed by atoms with Crippen LogP contribution in [0.1, 0.15) is 46.5 Å². The smallest absolute Gasteiger partial charge is 0.0266 e. The Balaban J connectivity index is 2.02. The van der Waals surface area contributed by atoms with Crippen LogP contribution in [0.3, 0.4) is 0 Å². The van der Waals surface area contributed by atoms with E-state index < -0.39 is 0 Å². The van der Waals surface area contributed by atoms with Crippen LogP contribution in [-0.4, -0.2) is 0 Å². The third-order valence-corrected chi connectivity index (χ3v) is 4.65. The van der Waals surface area contributed by atoms with Crippen LogP contribution < -0.4 is 0 Å². The predicted molar refractivity (Wildman–Crippen MR) is 48.4 cm³/mol. The molecule has 4 unspecified atom stereocenters. The summed E-state index contributed by atoms with van der Waals surface area (Å²) < 4.78 is 0. The van der Waals surface area contributed by atoms with E-state index in [1.54, 1.807) is 0 Å². The van der Waals surface area contributed by atoms with E-state index in [0.29, 0.717) is 0 Å². The zero-order valence-electron chi connectivity index (χ0n) is 8.06. The molecule has 2 fully saturated rings. The molecule has 0 spiro atoms. The molecule has 2 saturated carbocycles. The van der Waals surface area contributed by atoms with E-state index in [1.165, 1.54) is 25.7 Å². The quantitative estimate of drug-likeness (QED) is 0.568. The van der Waals surface area contributed by atoms with Crippen molar-refractivity contribution < 1.29 is 0 Å². The van der Waals surface area contributed by atoms with E-state index in [1.807, 2.05) is 0 Å². The molecule has 0 aromatic carbocycles. The van der Waals surface area contributed by atoms with Crippen molar-refractivity contribution in [3.63, 3.8) is 0 Å². The highest BCUT2D eigenvalue weighted by Gasteiger charge is 2.59. The Hall–Kier alpha value is 0. The first-order chi connectivity index (χ1) is 5.20. The summed E-state index contributed by atoms with van der Waals surface area (Å²) in [6, 6.07) is 0. The fourth-order valence-corrected chi connectivity index (χ4v) is 3.60. The zero-order valence-corrected chi connectivity index (χ0v) is 8.06. The Morgan fingerprint density at radius 2 is 2.09 bits per heavy atom. The van der Waals surface area contributed by atoms with Gasteiger partial charge in [-0.3, -0.25) is 0 Å². The third kappa shape index (κ3) is 0.761. The van der Waals surface area contributed by atoms with Crippen LogP contribution in [0.5, 0.6) is 0 Å².